The molecule has 0 bridgehead atoms. The molecule has 24 heavy (non-hydrogen) atoms. The van der Waals surface area contributed by atoms with Gasteiger partial charge in [0.05, 0.1) is 18.5 Å². The maximum absolute atomic E-state index is 12.7. The maximum Gasteiger partial charge on any atom is 0.332 e. The van der Waals surface area contributed by atoms with E-state index < -0.39 is 0 Å². The van der Waals surface area contributed by atoms with Gasteiger partial charge in [0.15, 0.2) is 0 Å². The van der Waals surface area contributed by atoms with E-state index in [4.69, 9.17) is 10.5 Å². The lowest BCUT2D eigenvalue weighted by molar-refractivity contribution is 0.186. The van der Waals surface area contributed by atoms with Crippen LogP contribution >= 0.6 is 11.3 Å². The average Bonchev–Trinajstić information content (AvgIpc) is 2.84. The van der Waals surface area contributed by atoms with E-state index >= 15 is 0 Å². The molecule has 0 saturated heterocycles. The van der Waals surface area contributed by atoms with E-state index in [2.05, 4.69) is 5.32 Å². The van der Waals surface area contributed by atoms with Gasteiger partial charge in [-0.25, -0.2) is 4.79 Å². The second-order valence-electron chi connectivity index (χ2n) is 5.91. The van der Waals surface area contributed by atoms with Crippen molar-refractivity contribution in [2.45, 2.75) is 46.4 Å². The largest absolute Gasteiger partial charge is 0.383 e. The molecule has 8 heteroatoms. The highest BCUT2D eigenvalue weighted by Crippen LogP contribution is 2.27. The number of nitrogens with one attached hydrogen (secondary N) is 1. The summed E-state index contributed by atoms with van der Waals surface area (Å²) in [6.07, 6.45) is 0. The van der Waals surface area contributed by atoms with Gasteiger partial charge < -0.3 is 15.8 Å². The van der Waals surface area contributed by atoms with Gasteiger partial charge in [0.25, 0.3) is 5.56 Å². The highest BCUT2D eigenvalue weighted by molar-refractivity contribution is 7.18. The number of aryl methyl sites for hydroxylation is 1. The number of ether oxygens (including phenoxy) is 1. The minimum Gasteiger partial charge on any atom is -0.383 e. The van der Waals surface area contributed by atoms with E-state index in [1.54, 1.807) is 11.7 Å². The Kier molecular flexibility index (Phi) is 6.34. The maximum atomic E-state index is 12.7. The Balaban J connectivity index is 2.58. The molecule has 7 nitrogen and oxygen atoms in total. The molecule has 134 valence electrons. The van der Waals surface area contributed by atoms with Crippen LogP contribution < -0.4 is 22.3 Å². The number of hydrogen-bond donors (Lipinski definition) is 2. The summed E-state index contributed by atoms with van der Waals surface area (Å²) in [5, 5.41) is 3.93. The molecule has 0 amide bonds. The molecular weight excluding hydrogens is 328 g/mol. The Morgan fingerprint density at radius 3 is 2.62 bits per heavy atom. The van der Waals surface area contributed by atoms with Crippen molar-refractivity contribution in [3.8, 4) is 0 Å². The van der Waals surface area contributed by atoms with Crippen LogP contribution in [0.5, 0.6) is 0 Å². The third-order valence-corrected chi connectivity index (χ3v) is 5.29. The van der Waals surface area contributed by atoms with Crippen LogP contribution in [0.15, 0.2) is 9.59 Å². The Hall–Kier alpha value is -1.48. The Morgan fingerprint density at radius 2 is 2.04 bits per heavy atom. The van der Waals surface area contributed by atoms with Gasteiger partial charge in [0, 0.05) is 37.7 Å². The number of hydrogen-bond acceptors (Lipinski definition) is 6. The smallest absolute Gasteiger partial charge is 0.332 e. The summed E-state index contributed by atoms with van der Waals surface area (Å²) in [5.41, 5.74) is 6.21. The fraction of sp³-hybridized carbons (Fsp3) is 0.625. The second-order valence-corrected chi connectivity index (χ2v) is 7.00. The summed E-state index contributed by atoms with van der Waals surface area (Å²) in [5.74, 6) is 0. The minimum atomic E-state index is -0.275. The van der Waals surface area contributed by atoms with Gasteiger partial charge in [0.1, 0.15) is 4.83 Å². The van der Waals surface area contributed by atoms with E-state index in [0.29, 0.717) is 38.2 Å². The topological polar surface area (TPSA) is 91.3 Å². The van der Waals surface area contributed by atoms with E-state index in [0.717, 1.165) is 15.3 Å². The van der Waals surface area contributed by atoms with Crippen LogP contribution in [0.1, 0.15) is 24.3 Å². The molecule has 0 radical (unpaired) electrons. The summed E-state index contributed by atoms with van der Waals surface area (Å²) in [6.45, 7) is 8.22. The molecular formula is C16H26N4O3S. The summed E-state index contributed by atoms with van der Waals surface area (Å²) < 4.78 is 8.05. The van der Waals surface area contributed by atoms with Crippen LogP contribution in [-0.2, 0) is 24.4 Å². The lowest BCUT2D eigenvalue weighted by atomic mass is 10.2. The Morgan fingerprint density at radius 1 is 1.33 bits per heavy atom. The lowest BCUT2D eigenvalue weighted by Crippen LogP contribution is -2.39. The summed E-state index contributed by atoms with van der Waals surface area (Å²) >= 11 is 1.49. The number of nitrogens with zero attached hydrogens (tertiary/aromatic N) is 2. The van der Waals surface area contributed by atoms with E-state index in [-0.39, 0.29) is 17.3 Å². The summed E-state index contributed by atoms with van der Waals surface area (Å²) in [6, 6.07) is 0.0666. The van der Waals surface area contributed by atoms with Gasteiger partial charge in [-0.15, -0.1) is 11.3 Å². The van der Waals surface area contributed by atoms with Gasteiger partial charge >= 0.3 is 5.69 Å². The van der Waals surface area contributed by atoms with Crippen molar-refractivity contribution in [1.29, 1.82) is 0 Å². The Bertz CT molecular complexity index is 819. The van der Waals surface area contributed by atoms with Crippen LogP contribution in [0.4, 0.5) is 0 Å². The normalized spacial score (nSPS) is 12.9. The van der Waals surface area contributed by atoms with Gasteiger partial charge in [-0.2, -0.15) is 0 Å². The molecule has 0 aliphatic heterocycles. The molecule has 0 aromatic carbocycles. The first kappa shape index (κ1) is 18.9. The third-order valence-electron chi connectivity index (χ3n) is 3.98. The molecule has 0 aliphatic carbocycles. The molecule has 0 spiro atoms. The highest BCUT2D eigenvalue weighted by Gasteiger charge is 2.19. The van der Waals surface area contributed by atoms with Crippen molar-refractivity contribution in [2.24, 2.45) is 5.73 Å². The molecule has 0 aliphatic rings. The molecule has 1 unspecified atom stereocenters. The van der Waals surface area contributed by atoms with Crippen molar-refractivity contribution in [3.05, 3.63) is 31.3 Å². The molecule has 0 fully saturated rings. The highest BCUT2D eigenvalue weighted by atomic mass is 32.1. The molecule has 2 rings (SSSR count). The fourth-order valence-corrected chi connectivity index (χ4v) is 3.97. The van der Waals surface area contributed by atoms with Gasteiger partial charge in [-0.3, -0.25) is 13.9 Å². The van der Waals surface area contributed by atoms with Crippen LogP contribution in [-0.4, -0.2) is 35.4 Å². The van der Waals surface area contributed by atoms with Gasteiger partial charge in [0.2, 0.25) is 0 Å². The molecule has 1 atom stereocenters. The lowest BCUT2D eigenvalue weighted by Gasteiger charge is -2.10. The van der Waals surface area contributed by atoms with E-state index in [9.17, 15) is 9.59 Å². The van der Waals surface area contributed by atoms with Crippen LogP contribution in [0, 0.1) is 6.92 Å². The zero-order valence-electron chi connectivity index (χ0n) is 14.7. The van der Waals surface area contributed by atoms with Gasteiger partial charge in [-0.05, 0) is 26.3 Å². The monoisotopic (exact) mass is 354 g/mol. The summed E-state index contributed by atoms with van der Waals surface area (Å²) in [4.78, 5) is 27.1. The van der Waals surface area contributed by atoms with Crippen LogP contribution in [0.25, 0.3) is 10.2 Å². The molecule has 0 saturated carbocycles. The standard InChI is InChI=1S/C16H26N4O3S/c1-5-19-14(21)13-11(3)12(9-18-8-10(2)17)24-15(13)20(16(19)22)6-7-23-4/h10,18H,5-9,17H2,1-4H3. The number of aromatic nitrogens is 2. The van der Waals surface area contributed by atoms with Crippen LogP contribution in [0.3, 0.4) is 0 Å². The number of methoxy groups -OCH3 is 1. The number of nitrogens with two attached hydrogens (primary N) is 1. The molecule has 3 N–H and O–H groups in total. The molecule has 2 aromatic rings. The van der Waals surface area contributed by atoms with Crippen molar-refractivity contribution >= 4 is 21.6 Å². The first-order valence-corrected chi connectivity index (χ1v) is 8.94. The van der Waals surface area contributed by atoms with Crippen LogP contribution in [0.2, 0.25) is 0 Å². The van der Waals surface area contributed by atoms with Crippen molar-refractivity contribution in [3.63, 3.8) is 0 Å². The zero-order valence-corrected chi connectivity index (χ0v) is 15.5. The Labute approximate surface area is 145 Å². The predicted molar refractivity (Wildman–Crippen MR) is 98.0 cm³/mol. The average molecular weight is 354 g/mol. The predicted octanol–water partition coefficient (Wildman–Crippen LogP) is 0.636. The molecule has 2 aromatic heterocycles. The quantitative estimate of drug-likeness (QED) is 0.726. The number of rotatable bonds is 8. The van der Waals surface area contributed by atoms with E-state index in [1.807, 2.05) is 20.8 Å². The van der Waals surface area contributed by atoms with E-state index in [1.165, 1.54) is 15.9 Å². The van der Waals surface area contributed by atoms with Crippen molar-refractivity contribution < 1.29 is 4.74 Å². The van der Waals surface area contributed by atoms with Crippen molar-refractivity contribution in [2.75, 3.05) is 20.3 Å². The number of fused-ring (bicyclic) bond motifs is 1. The third kappa shape index (κ3) is 3.61. The molecule has 2 heterocycles. The SMILES string of the molecule is CCn1c(=O)c2c(C)c(CNCC(C)N)sc2n(CCOC)c1=O. The first-order valence-electron chi connectivity index (χ1n) is 8.13. The van der Waals surface area contributed by atoms with Gasteiger partial charge in [-0.1, -0.05) is 0 Å². The first-order chi connectivity index (χ1) is 11.4. The summed E-state index contributed by atoms with van der Waals surface area (Å²) in [7, 11) is 1.60. The minimum absolute atomic E-state index is 0.0666. The number of thiophene rings is 1. The second kappa shape index (κ2) is 8.06. The fourth-order valence-electron chi connectivity index (χ4n) is 2.68. The van der Waals surface area contributed by atoms with Crippen molar-refractivity contribution in [1.82, 2.24) is 14.5 Å². The zero-order chi connectivity index (χ0) is 17.9.